The molecule has 1 amide bonds. The third-order valence-electron chi connectivity index (χ3n) is 4.74. The van der Waals surface area contributed by atoms with E-state index in [1.54, 1.807) is 24.3 Å². The zero-order valence-electron chi connectivity index (χ0n) is 13.3. The maximum atomic E-state index is 13.6. The van der Waals surface area contributed by atoms with Crippen LogP contribution in [0.5, 0.6) is 0 Å². The Balaban J connectivity index is 1.90. The van der Waals surface area contributed by atoms with E-state index in [9.17, 15) is 23.1 Å². The van der Waals surface area contributed by atoms with Crippen molar-refractivity contribution in [3.63, 3.8) is 0 Å². The Morgan fingerprint density at radius 2 is 2.00 bits per heavy atom. The standard InChI is InChI=1S/C17H19F3N2O2/c1-11-6-8-12(9-7-11)10-15(23)22-16(24,17(18,19)20)13-4-2-3-5-14(13)21-22/h6-9,13,24H,2-5,10H2,1H3/t13-,16-/m0/s1. The number of aliphatic hydroxyl groups is 1. The summed E-state index contributed by atoms with van der Waals surface area (Å²) in [5.41, 5.74) is -1.38. The van der Waals surface area contributed by atoms with Crippen molar-refractivity contribution in [2.45, 2.75) is 50.9 Å². The number of hydrogen-bond donors (Lipinski definition) is 1. The third-order valence-corrected chi connectivity index (χ3v) is 4.74. The molecule has 24 heavy (non-hydrogen) atoms. The average Bonchev–Trinajstić information content (AvgIpc) is 2.84. The first-order valence-corrected chi connectivity index (χ1v) is 7.98. The number of fused-ring (bicyclic) bond motifs is 1. The minimum absolute atomic E-state index is 0.184. The van der Waals surface area contributed by atoms with E-state index in [4.69, 9.17) is 0 Å². The molecule has 0 unspecified atom stereocenters. The lowest BCUT2D eigenvalue weighted by molar-refractivity contribution is -0.317. The maximum absolute atomic E-state index is 13.6. The van der Waals surface area contributed by atoms with E-state index in [2.05, 4.69) is 5.10 Å². The summed E-state index contributed by atoms with van der Waals surface area (Å²) in [5, 5.41) is 14.6. The van der Waals surface area contributed by atoms with Gasteiger partial charge in [0.1, 0.15) is 0 Å². The highest BCUT2D eigenvalue weighted by molar-refractivity contribution is 5.93. The first kappa shape index (κ1) is 17.0. The lowest BCUT2D eigenvalue weighted by Crippen LogP contribution is -2.61. The molecule has 7 heteroatoms. The summed E-state index contributed by atoms with van der Waals surface area (Å²) >= 11 is 0. The quantitative estimate of drug-likeness (QED) is 0.899. The molecule has 1 N–H and O–H groups in total. The first-order chi connectivity index (χ1) is 11.2. The van der Waals surface area contributed by atoms with E-state index in [1.165, 1.54) is 0 Å². The van der Waals surface area contributed by atoms with Crippen LogP contribution in [0, 0.1) is 12.8 Å². The number of carbonyl (C=O) groups excluding carboxylic acids is 1. The summed E-state index contributed by atoms with van der Waals surface area (Å²) in [4.78, 5) is 12.5. The molecule has 1 aromatic rings. The van der Waals surface area contributed by atoms with Crippen molar-refractivity contribution in [2.24, 2.45) is 11.0 Å². The summed E-state index contributed by atoms with van der Waals surface area (Å²) in [6.07, 6.45) is -3.31. The Morgan fingerprint density at radius 1 is 1.33 bits per heavy atom. The van der Waals surface area contributed by atoms with Gasteiger partial charge in [0, 0.05) is 5.71 Å². The van der Waals surface area contributed by atoms with Gasteiger partial charge in [0.25, 0.3) is 5.72 Å². The first-order valence-electron chi connectivity index (χ1n) is 7.98. The van der Waals surface area contributed by atoms with Crippen LogP contribution in [0.1, 0.15) is 36.8 Å². The molecule has 1 fully saturated rings. The van der Waals surface area contributed by atoms with Gasteiger partial charge in [0.15, 0.2) is 0 Å². The largest absolute Gasteiger partial charge is 0.439 e. The molecule has 0 aromatic heterocycles. The highest BCUT2D eigenvalue weighted by atomic mass is 19.4. The third kappa shape index (κ3) is 2.70. The van der Waals surface area contributed by atoms with Gasteiger partial charge in [0.05, 0.1) is 12.3 Å². The summed E-state index contributed by atoms with van der Waals surface area (Å²) in [6.45, 7) is 1.88. The van der Waals surface area contributed by atoms with E-state index >= 15 is 0 Å². The number of amides is 1. The topological polar surface area (TPSA) is 52.9 Å². The van der Waals surface area contributed by atoms with Crippen molar-refractivity contribution < 1.29 is 23.1 Å². The van der Waals surface area contributed by atoms with Gasteiger partial charge in [-0.15, -0.1) is 0 Å². The molecular formula is C17H19F3N2O2. The molecule has 0 saturated heterocycles. The monoisotopic (exact) mass is 340 g/mol. The van der Waals surface area contributed by atoms with Crippen LogP contribution in [-0.4, -0.2) is 33.6 Å². The van der Waals surface area contributed by atoms with Gasteiger partial charge in [-0.1, -0.05) is 36.2 Å². The fraction of sp³-hybridized carbons (Fsp3) is 0.529. The molecule has 4 nitrogen and oxygen atoms in total. The number of hydrogen-bond acceptors (Lipinski definition) is 3. The number of hydrazone groups is 1. The molecule has 2 atom stereocenters. The van der Waals surface area contributed by atoms with Crippen molar-refractivity contribution in [1.82, 2.24) is 5.01 Å². The molecule has 130 valence electrons. The Bertz CT molecular complexity index is 669. The number of nitrogens with zero attached hydrogens (tertiary/aromatic N) is 2. The van der Waals surface area contributed by atoms with E-state index in [0.29, 0.717) is 18.4 Å². The summed E-state index contributed by atoms with van der Waals surface area (Å²) < 4.78 is 40.8. The minimum Gasteiger partial charge on any atom is -0.362 e. The fourth-order valence-corrected chi connectivity index (χ4v) is 3.42. The molecule has 0 bridgehead atoms. The smallest absolute Gasteiger partial charge is 0.362 e. The van der Waals surface area contributed by atoms with E-state index in [1.807, 2.05) is 6.92 Å². The normalized spacial score (nSPS) is 27.0. The molecule has 1 aliphatic heterocycles. The second kappa shape index (κ2) is 5.88. The van der Waals surface area contributed by atoms with Gasteiger partial charge < -0.3 is 5.11 Å². The Labute approximate surface area is 138 Å². The van der Waals surface area contributed by atoms with Crippen molar-refractivity contribution in [2.75, 3.05) is 0 Å². The number of alkyl halides is 3. The maximum Gasteiger partial charge on any atom is 0.439 e. The molecule has 1 heterocycles. The molecular weight excluding hydrogens is 321 g/mol. The van der Waals surface area contributed by atoms with Crippen molar-refractivity contribution in [3.05, 3.63) is 35.4 Å². The minimum atomic E-state index is -4.96. The van der Waals surface area contributed by atoms with Crippen molar-refractivity contribution in [3.8, 4) is 0 Å². The molecule has 2 aliphatic rings. The van der Waals surface area contributed by atoms with E-state index in [-0.39, 0.29) is 23.6 Å². The van der Waals surface area contributed by atoms with Gasteiger partial charge in [-0.05, 0) is 31.7 Å². The summed E-state index contributed by atoms with van der Waals surface area (Å²) in [5.74, 6) is -2.01. The van der Waals surface area contributed by atoms with Crippen LogP contribution in [0.3, 0.4) is 0 Å². The van der Waals surface area contributed by atoms with Gasteiger partial charge >= 0.3 is 6.18 Å². The van der Waals surface area contributed by atoms with Gasteiger partial charge in [0.2, 0.25) is 5.91 Å². The van der Waals surface area contributed by atoms with Gasteiger partial charge in [-0.3, -0.25) is 4.79 Å². The number of halogens is 3. The van der Waals surface area contributed by atoms with E-state index < -0.39 is 23.7 Å². The van der Waals surface area contributed by atoms with Gasteiger partial charge in [-0.25, -0.2) is 0 Å². The summed E-state index contributed by atoms with van der Waals surface area (Å²) in [7, 11) is 0. The van der Waals surface area contributed by atoms with Crippen LogP contribution in [0.25, 0.3) is 0 Å². The number of aryl methyl sites for hydroxylation is 1. The molecule has 0 spiro atoms. The Hall–Kier alpha value is -1.89. The number of carbonyl (C=O) groups is 1. The second-order valence-electron chi connectivity index (χ2n) is 6.48. The lowest BCUT2D eigenvalue weighted by Gasteiger charge is -2.38. The SMILES string of the molecule is Cc1ccc(CC(=O)N2N=C3CCCC[C@@H]3[C@]2(O)C(F)(F)F)cc1. The van der Waals surface area contributed by atoms with Crippen LogP contribution in [0.15, 0.2) is 29.4 Å². The van der Waals surface area contributed by atoms with Crippen LogP contribution in [-0.2, 0) is 11.2 Å². The number of rotatable bonds is 2. The number of benzene rings is 1. The molecule has 1 aromatic carbocycles. The Morgan fingerprint density at radius 3 is 2.62 bits per heavy atom. The zero-order chi connectivity index (χ0) is 17.5. The molecule has 0 radical (unpaired) electrons. The van der Waals surface area contributed by atoms with Crippen molar-refractivity contribution in [1.29, 1.82) is 0 Å². The zero-order valence-corrected chi connectivity index (χ0v) is 13.3. The molecule has 1 aliphatic carbocycles. The Kier molecular flexibility index (Phi) is 4.15. The van der Waals surface area contributed by atoms with Crippen LogP contribution < -0.4 is 0 Å². The van der Waals surface area contributed by atoms with Crippen LogP contribution in [0.2, 0.25) is 0 Å². The molecule has 3 rings (SSSR count). The highest BCUT2D eigenvalue weighted by Crippen LogP contribution is 2.48. The predicted molar refractivity (Wildman–Crippen MR) is 82.1 cm³/mol. The van der Waals surface area contributed by atoms with Crippen molar-refractivity contribution >= 4 is 11.6 Å². The van der Waals surface area contributed by atoms with Crippen LogP contribution in [0.4, 0.5) is 13.2 Å². The highest BCUT2D eigenvalue weighted by Gasteiger charge is 2.68. The predicted octanol–water partition coefficient (Wildman–Crippen LogP) is 3.18. The fourth-order valence-electron chi connectivity index (χ4n) is 3.42. The van der Waals surface area contributed by atoms with Crippen LogP contribution >= 0.6 is 0 Å². The van der Waals surface area contributed by atoms with E-state index in [0.717, 1.165) is 12.0 Å². The average molecular weight is 340 g/mol. The lowest BCUT2D eigenvalue weighted by atomic mass is 9.80. The summed E-state index contributed by atoms with van der Waals surface area (Å²) in [6, 6.07) is 6.95. The molecule has 1 saturated carbocycles. The second-order valence-corrected chi connectivity index (χ2v) is 6.48. The van der Waals surface area contributed by atoms with Gasteiger partial charge in [-0.2, -0.15) is 23.3 Å².